The molecule has 1 heterocycles. The summed E-state index contributed by atoms with van der Waals surface area (Å²) in [5.74, 6) is -0.508. The molecule has 0 aliphatic carbocycles. The molecule has 1 fully saturated rings. The molecule has 1 aliphatic heterocycles. The lowest BCUT2D eigenvalue weighted by Crippen LogP contribution is -2.42. The van der Waals surface area contributed by atoms with Crippen molar-refractivity contribution in [3.05, 3.63) is 63.7 Å². The molecule has 0 bridgehead atoms. The van der Waals surface area contributed by atoms with Crippen LogP contribution in [0.4, 0.5) is 17.1 Å². The van der Waals surface area contributed by atoms with Gasteiger partial charge in [0, 0.05) is 35.5 Å². The maximum atomic E-state index is 12.7. The SMILES string of the molecule is CC1CCCCN1C(=O)c1ccc(NC(=O)c2ccc(N)c([N+](=O)[O-])c2)cc1. The van der Waals surface area contributed by atoms with Crippen LogP contribution in [0.5, 0.6) is 0 Å². The summed E-state index contributed by atoms with van der Waals surface area (Å²) >= 11 is 0. The first-order valence-corrected chi connectivity index (χ1v) is 9.13. The topological polar surface area (TPSA) is 119 Å². The first-order chi connectivity index (χ1) is 13.4. The summed E-state index contributed by atoms with van der Waals surface area (Å²) in [6, 6.07) is 10.7. The van der Waals surface area contributed by atoms with E-state index in [1.165, 1.54) is 12.1 Å². The summed E-state index contributed by atoms with van der Waals surface area (Å²) in [5.41, 5.74) is 6.42. The summed E-state index contributed by atoms with van der Waals surface area (Å²) in [5, 5.41) is 13.6. The summed E-state index contributed by atoms with van der Waals surface area (Å²) < 4.78 is 0. The van der Waals surface area contributed by atoms with Crippen molar-refractivity contribution in [3.63, 3.8) is 0 Å². The fraction of sp³-hybridized carbons (Fsp3) is 0.300. The lowest BCUT2D eigenvalue weighted by atomic mass is 10.0. The second kappa shape index (κ2) is 8.08. The number of nitrogens with one attached hydrogen (secondary N) is 1. The van der Waals surface area contributed by atoms with Crippen LogP contribution in [-0.4, -0.2) is 34.2 Å². The molecule has 0 radical (unpaired) electrons. The number of benzene rings is 2. The molecule has 2 aromatic carbocycles. The van der Waals surface area contributed by atoms with Gasteiger partial charge in [0.05, 0.1) is 4.92 Å². The van der Waals surface area contributed by atoms with E-state index in [1.54, 1.807) is 24.3 Å². The van der Waals surface area contributed by atoms with Gasteiger partial charge in [0.15, 0.2) is 0 Å². The smallest absolute Gasteiger partial charge is 0.292 e. The van der Waals surface area contributed by atoms with E-state index in [4.69, 9.17) is 5.73 Å². The third-order valence-electron chi connectivity index (χ3n) is 4.94. The Hall–Kier alpha value is -3.42. The molecule has 1 saturated heterocycles. The molecule has 3 rings (SSSR count). The number of anilines is 2. The van der Waals surface area contributed by atoms with Crippen molar-refractivity contribution in [2.75, 3.05) is 17.6 Å². The number of rotatable bonds is 4. The van der Waals surface area contributed by atoms with Crippen molar-refractivity contribution in [2.24, 2.45) is 0 Å². The van der Waals surface area contributed by atoms with E-state index in [2.05, 4.69) is 12.2 Å². The highest BCUT2D eigenvalue weighted by molar-refractivity contribution is 6.05. The predicted molar refractivity (Wildman–Crippen MR) is 106 cm³/mol. The van der Waals surface area contributed by atoms with Gasteiger partial charge in [0.1, 0.15) is 5.69 Å². The maximum absolute atomic E-state index is 12.7. The molecule has 28 heavy (non-hydrogen) atoms. The van der Waals surface area contributed by atoms with E-state index in [0.29, 0.717) is 11.3 Å². The molecular weight excluding hydrogens is 360 g/mol. The number of nitrogens with zero attached hydrogens (tertiary/aromatic N) is 2. The van der Waals surface area contributed by atoms with Gasteiger partial charge >= 0.3 is 0 Å². The Morgan fingerprint density at radius 1 is 1.14 bits per heavy atom. The highest BCUT2D eigenvalue weighted by atomic mass is 16.6. The fourth-order valence-corrected chi connectivity index (χ4v) is 3.31. The van der Waals surface area contributed by atoms with Gasteiger partial charge in [-0.25, -0.2) is 0 Å². The molecule has 146 valence electrons. The van der Waals surface area contributed by atoms with Crippen molar-refractivity contribution in [1.82, 2.24) is 4.90 Å². The van der Waals surface area contributed by atoms with Crippen LogP contribution in [0.2, 0.25) is 0 Å². The zero-order valence-corrected chi connectivity index (χ0v) is 15.6. The molecule has 8 nitrogen and oxygen atoms in total. The van der Waals surface area contributed by atoms with Gasteiger partial charge < -0.3 is 16.0 Å². The third kappa shape index (κ3) is 4.11. The number of carbonyl (C=O) groups excluding carboxylic acids is 2. The van der Waals surface area contributed by atoms with E-state index >= 15 is 0 Å². The van der Waals surface area contributed by atoms with E-state index in [9.17, 15) is 19.7 Å². The summed E-state index contributed by atoms with van der Waals surface area (Å²) in [7, 11) is 0. The number of nitrogens with two attached hydrogens (primary N) is 1. The van der Waals surface area contributed by atoms with Gasteiger partial charge in [-0.1, -0.05) is 0 Å². The molecule has 1 atom stereocenters. The average molecular weight is 382 g/mol. The quantitative estimate of drug-likeness (QED) is 0.477. The van der Waals surface area contributed by atoms with Crippen LogP contribution in [0, 0.1) is 10.1 Å². The summed E-state index contributed by atoms with van der Waals surface area (Å²) in [6.45, 7) is 2.81. The minimum atomic E-state index is -0.631. The number of amides is 2. The van der Waals surface area contributed by atoms with Crippen LogP contribution in [-0.2, 0) is 0 Å². The normalized spacial score (nSPS) is 16.5. The van der Waals surface area contributed by atoms with E-state index in [0.717, 1.165) is 31.9 Å². The number of hydrogen-bond acceptors (Lipinski definition) is 5. The average Bonchev–Trinajstić information content (AvgIpc) is 2.68. The number of hydrogen-bond donors (Lipinski definition) is 2. The van der Waals surface area contributed by atoms with E-state index in [1.807, 2.05) is 4.90 Å². The number of nitro groups is 1. The third-order valence-corrected chi connectivity index (χ3v) is 4.94. The number of likely N-dealkylation sites (tertiary alicyclic amines) is 1. The minimum absolute atomic E-state index is 0.00337. The molecule has 2 aromatic rings. The fourth-order valence-electron chi connectivity index (χ4n) is 3.31. The van der Waals surface area contributed by atoms with Crippen LogP contribution >= 0.6 is 0 Å². The number of nitrogen functional groups attached to an aromatic ring is 1. The molecular formula is C20H22N4O4. The standard InChI is InChI=1S/C20H22N4O4/c1-13-4-2-3-11-23(13)20(26)14-5-8-16(9-6-14)22-19(25)15-7-10-17(21)18(12-15)24(27)28/h5-10,12-13H,2-4,11,21H2,1H3,(H,22,25). The molecule has 0 saturated carbocycles. The van der Waals surface area contributed by atoms with Gasteiger partial charge in [-0.05, 0) is 62.6 Å². The zero-order chi connectivity index (χ0) is 20.3. The van der Waals surface area contributed by atoms with E-state index in [-0.39, 0.29) is 28.9 Å². The van der Waals surface area contributed by atoms with Gasteiger partial charge in [-0.3, -0.25) is 19.7 Å². The van der Waals surface area contributed by atoms with Gasteiger partial charge in [0.2, 0.25) is 0 Å². The lowest BCUT2D eigenvalue weighted by molar-refractivity contribution is -0.383. The minimum Gasteiger partial charge on any atom is -0.393 e. The zero-order valence-electron chi connectivity index (χ0n) is 15.6. The van der Waals surface area contributed by atoms with E-state index < -0.39 is 10.8 Å². The van der Waals surface area contributed by atoms with Crippen molar-refractivity contribution >= 4 is 28.9 Å². The van der Waals surface area contributed by atoms with Crippen LogP contribution in [0.15, 0.2) is 42.5 Å². The van der Waals surface area contributed by atoms with Crippen molar-refractivity contribution in [3.8, 4) is 0 Å². The first-order valence-electron chi connectivity index (χ1n) is 9.13. The predicted octanol–water partition coefficient (Wildman–Crippen LogP) is 3.44. The summed E-state index contributed by atoms with van der Waals surface area (Å²) in [4.78, 5) is 37.2. The van der Waals surface area contributed by atoms with Gasteiger partial charge in [-0.15, -0.1) is 0 Å². The Morgan fingerprint density at radius 2 is 1.82 bits per heavy atom. The Kier molecular flexibility index (Phi) is 5.58. The molecule has 8 heteroatoms. The maximum Gasteiger partial charge on any atom is 0.292 e. The first kappa shape index (κ1) is 19.3. The molecule has 2 amide bonds. The number of piperidine rings is 1. The highest BCUT2D eigenvalue weighted by Gasteiger charge is 2.24. The van der Waals surface area contributed by atoms with Crippen molar-refractivity contribution < 1.29 is 14.5 Å². The van der Waals surface area contributed by atoms with Crippen LogP contribution in [0.25, 0.3) is 0 Å². The number of nitro benzene ring substituents is 1. The summed E-state index contributed by atoms with van der Waals surface area (Å²) in [6.07, 6.45) is 3.16. The second-order valence-electron chi connectivity index (χ2n) is 6.91. The van der Waals surface area contributed by atoms with Gasteiger partial charge in [0.25, 0.3) is 17.5 Å². The molecule has 3 N–H and O–H groups in total. The van der Waals surface area contributed by atoms with Crippen LogP contribution in [0.3, 0.4) is 0 Å². The molecule has 1 aliphatic rings. The van der Waals surface area contributed by atoms with Crippen LogP contribution < -0.4 is 11.1 Å². The highest BCUT2D eigenvalue weighted by Crippen LogP contribution is 2.23. The second-order valence-corrected chi connectivity index (χ2v) is 6.91. The Balaban J connectivity index is 1.70. The Labute approximate surface area is 162 Å². The molecule has 0 spiro atoms. The largest absolute Gasteiger partial charge is 0.393 e. The lowest BCUT2D eigenvalue weighted by Gasteiger charge is -2.33. The van der Waals surface area contributed by atoms with Gasteiger partial charge in [-0.2, -0.15) is 0 Å². The Bertz CT molecular complexity index is 911. The van der Waals surface area contributed by atoms with Crippen molar-refractivity contribution in [1.29, 1.82) is 0 Å². The Morgan fingerprint density at radius 3 is 2.46 bits per heavy atom. The monoisotopic (exact) mass is 382 g/mol. The molecule has 0 aromatic heterocycles. The van der Waals surface area contributed by atoms with Crippen molar-refractivity contribution in [2.45, 2.75) is 32.2 Å². The number of carbonyl (C=O) groups is 2. The van der Waals surface area contributed by atoms with Crippen LogP contribution in [0.1, 0.15) is 46.9 Å². The molecule has 1 unspecified atom stereocenters.